The molecule has 0 N–H and O–H groups in total. The summed E-state index contributed by atoms with van der Waals surface area (Å²) in [5.74, 6) is -0.178. The molecule has 53 heavy (non-hydrogen) atoms. The van der Waals surface area contributed by atoms with Crippen LogP contribution in [0.5, 0.6) is 0 Å². The minimum absolute atomic E-state index is 0.0889. The zero-order valence-corrected chi connectivity index (χ0v) is 35.9. The monoisotopic (exact) mass is 774 g/mol. The van der Waals surface area contributed by atoms with Gasteiger partial charge in [-0.1, -0.05) is 141 Å². The van der Waals surface area contributed by atoms with Gasteiger partial charge >= 0.3 is 11.9 Å². The summed E-state index contributed by atoms with van der Waals surface area (Å²) in [6, 6.07) is 0. The van der Waals surface area contributed by atoms with Crippen LogP contribution < -0.4 is 0 Å². The van der Waals surface area contributed by atoms with E-state index in [-0.39, 0.29) is 11.9 Å². The normalized spacial score (nSPS) is 12.0. The van der Waals surface area contributed by atoms with Crippen molar-refractivity contribution in [3.05, 3.63) is 24.3 Å². The van der Waals surface area contributed by atoms with Gasteiger partial charge in [0.25, 0.3) is 0 Å². The van der Waals surface area contributed by atoms with Crippen LogP contribution in [0.25, 0.3) is 0 Å². The molecule has 0 heterocycles. The van der Waals surface area contributed by atoms with Crippen molar-refractivity contribution in [1.82, 2.24) is 0 Å². The summed E-state index contributed by atoms with van der Waals surface area (Å²) < 4.78 is 42.7. The van der Waals surface area contributed by atoms with Gasteiger partial charge in [0.1, 0.15) is 26.3 Å². The molecule has 0 aromatic carbocycles. The highest BCUT2D eigenvalue weighted by atomic mass is 32.3. The van der Waals surface area contributed by atoms with Crippen LogP contribution in [0.1, 0.15) is 194 Å². The predicted octanol–water partition coefficient (Wildman–Crippen LogP) is 11.3. The number of likely N-dealkylation sites (N-methyl/N-ethyl adjacent to an activating group) is 1. The number of esters is 2. The molecule has 9 nitrogen and oxygen atoms in total. The number of ether oxygens (including phenoxy) is 2. The first kappa shape index (κ1) is 53.4. The number of nitrogens with zero attached hydrogens (tertiary/aromatic N) is 1. The van der Waals surface area contributed by atoms with Gasteiger partial charge in [0.05, 0.1) is 21.2 Å². The molecule has 10 heteroatoms. The van der Waals surface area contributed by atoms with Crippen LogP contribution in [0, 0.1) is 0 Å². The summed E-state index contributed by atoms with van der Waals surface area (Å²) in [5, 5.41) is 0. The molecule has 0 aliphatic rings. The van der Waals surface area contributed by atoms with Crippen molar-refractivity contribution in [3.63, 3.8) is 0 Å². The van der Waals surface area contributed by atoms with E-state index in [1.807, 2.05) is 0 Å². The molecule has 0 atom stereocenters. The fraction of sp³-hybridized carbons (Fsp3) is 0.860. The van der Waals surface area contributed by atoms with Crippen LogP contribution in [0.4, 0.5) is 0 Å². The van der Waals surface area contributed by atoms with Crippen molar-refractivity contribution in [2.24, 2.45) is 0 Å². The van der Waals surface area contributed by atoms with Crippen molar-refractivity contribution in [3.8, 4) is 0 Å². The standard InChI is InChI=1S/C42H80NO4.CH4O4S/c1-5-7-9-11-13-15-17-19-21-23-25-27-29-31-33-35-41(44)46-39-37-43(3,4)38-40-47-42(45)36-34-32-30-28-26-24-22-20-18-16-14-12-10-8-6-2;1-5-6(2,3)4/h19-22H,5-18,23-40H2,1-4H3;1H3,(H,2,3,4)/q+1;/p-1/b21-19+,22-20+;. The molecule has 0 rings (SSSR count). The van der Waals surface area contributed by atoms with Crippen LogP contribution in [0.2, 0.25) is 0 Å². The van der Waals surface area contributed by atoms with Crippen molar-refractivity contribution >= 4 is 22.3 Å². The topological polar surface area (TPSA) is 119 Å². The number of carbonyl (C=O) groups excluding carboxylic acids is 2. The zero-order chi connectivity index (χ0) is 39.7. The highest BCUT2D eigenvalue weighted by Gasteiger charge is 2.17. The summed E-state index contributed by atoms with van der Waals surface area (Å²) in [5.41, 5.74) is 0. The van der Waals surface area contributed by atoms with Gasteiger partial charge in [-0.25, -0.2) is 8.42 Å². The highest BCUT2D eigenvalue weighted by molar-refractivity contribution is 7.80. The Labute approximate surface area is 327 Å². The summed E-state index contributed by atoms with van der Waals surface area (Å²) in [4.78, 5) is 24.3. The second kappa shape index (κ2) is 39.9. The van der Waals surface area contributed by atoms with Crippen molar-refractivity contribution < 1.29 is 40.7 Å². The number of carbonyl (C=O) groups is 2. The average molecular weight is 774 g/mol. The maximum absolute atomic E-state index is 12.1. The Morgan fingerprint density at radius 2 is 0.774 bits per heavy atom. The van der Waals surface area contributed by atoms with Gasteiger partial charge < -0.3 is 18.5 Å². The van der Waals surface area contributed by atoms with Crippen molar-refractivity contribution in [2.45, 2.75) is 194 Å². The second-order valence-electron chi connectivity index (χ2n) is 15.1. The van der Waals surface area contributed by atoms with E-state index in [2.05, 4.69) is 56.4 Å². The molecule has 314 valence electrons. The molecular weight excluding hydrogens is 691 g/mol. The Morgan fingerprint density at radius 3 is 1.06 bits per heavy atom. The minimum Gasteiger partial charge on any atom is -0.726 e. The predicted molar refractivity (Wildman–Crippen MR) is 219 cm³/mol. The lowest BCUT2D eigenvalue weighted by atomic mass is 10.1. The lowest BCUT2D eigenvalue weighted by Crippen LogP contribution is -2.45. The van der Waals surface area contributed by atoms with E-state index < -0.39 is 10.4 Å². The summed E-state index contributed by atoms with van der Waals surface area (Å²) in [6.45, 7) is 6.82. The quantitative estimate of drug-likeness (QED) is 0.0153. The van der Waals surface area contributed by atoms with E-state index in [1.54, 1.807) is 0 Å². The molecule has 0 aliphatic heterocycles. The fourth-order valence-corrected chi connectivity index (χ4v) is 5.75. The lowest BCUT2D eigenvalue weighted by Gasteiger charge is -2.29. The van der Waals surface area contributed by atoms with Crippen LogP contribution in [0.3, 0.4) is 0 Å². The van der Waals surface area contributed by atoms with Gasteiger partial charge in [-0.15, -0.1) is 0 Å². The first-order valence-electron chi connectivity index (χ1n) is 21.4. The minimum atomic E-state index is -4.41. The fourth-order valence-electron chi connectivity index (χ4n) is 5.75. The van der Waals surface area contributed by atoms with Crippen LogP contribution >= 0.6 is 0 Å². The van der Waals surface area contributed by atoms with E-state index in [4.69, 9.17) is 9.47 Å². The summed E-state index contributed by atoms with van der Waals surface area (Å²) in [6.07, 6.45) is 43.1. The summed E-state index contributed by atoms with van der Waals surface area (Å²) >= 11 is 0. The van der Waals surface area contributed by atoms with Gasteiger partial charge in [-0.05, 0) is 64.2 Å². The zero-order valence-electron chi connectivity index (χ0n) is 35.1. The molecule has 0 aromatic rings. The Kier molecular flexibility index (Phi) is 40.2. The molecule has 0 saturated heterocycles. The van der Waals surface area contributed by atoms with Crippen LogP contribution in [-0.2, 0) is 33.6 Å². The third kappa shape index (κ3) is 48.2. The van der Waals surface area contributed by atoms with Gasteiger partial charge in [0.15, 0.2) is 0 Å². The summed E-state index contributed by atoms with van der Waals surface area (Å²) in [7, 11) is 0.581. The molecule has 0 unspecified atom stereocenters. The maximum atomic E-state index is 12.1. The number of rotatable bonds is 37. The number of allylic oxidation sites excluding steroid dienone is 4. The molecular formula is C43H83NO8S. The van der Waals surface area contributed by atoms with Crippen molar-refractivity contribution in [1.29, 1.82) is 0 Å². The molecule has 0 amide bonds. The van der Waals surface area contributed by atoms with Crippen LogP contribution in [0.15, 0.2) is 24.3 Å². The van der Waals surface area contributed by atoms with E-state index in [0.717, 1.165) is 45.9 Å². The molecule has 0 aliphatic carbocycles. The number of quaternary nitrogens is 1. The van der Waals surface area contributed by atoms with E-state index >= 15 is 0 Å². The lowest BCUT2D eigenvalue weighted by molar-refractivity contribution is -0.890. The van der Waals surface area contributed by atoms with E-state index in [1.165, 1.54) is 141 Å². The van der Waals surface area contributed by atoms with E-state index in [0.29, 0.717) is 30.5 Å². The average Bonchev–Trinajstić information content (AvgIpc) is 3.11. The molecule has 0 saturated carbocycles. The number of unbranched alkanes of at least 4 members (excludes halogenated alkanes) is 22. The van der Waals surface area contributed by atoms with Gasteiger partial charge in [0.2, 0.25) is 10.4 Å². The van der Waals surface area contributed by atoms with Gasteiger partial charge in [-0.3, -0.25) is 13.8 Å². The SMILES string of the molecule is CCCCCCCC/C=C/CCCCCCCC(=O)OCC[N+](C)(C)CCOC(=O)CCCCCCC/C=C/CCCCCCCC.COS(=O)(=O)[O-]. The first-order valence-corrected chi connectivity index (χ1v) is 22.7. The van der Waals surface area contributed by atoms with Crippen molar-refractivity contribution in [2.75, 3.05) is 47.5 Å². The highest BCUT2D eigenvalue weighted by Crippen LogP contribution is 2.12. The molecule has 0 aromatic heterocycles. The Morgan fingerprint density at radius 1 is 0.509 bits per heavy atom. The van der Waals surface area contributed by atoms with Crippen LogP contribution in [-0.4, -0.2) is 76.9 Å². The number of hydrogen-bond donors (Lipinski definition) is 0. The van der Waals surface area contributed by atoms with Gasteiger partial charge in [-0.2, -0.15) is 0 Å². The Hall–Kier alpha value is -1.75. The Bertz CT molecular complexity index is 921. The smallest absolute Gasteiger partial charge is 0.305 e. The molecule has 0 radical (unpaired) electrons. The molecule has 0 spiro atoms. The molecule has 0 bridgehead atoms. The first-order chi connectivity index (χ1) is 25.5. The maximum Gasteiger partial charge on any atom is 0.305 e. The largest absolute Gasteiger partial charge is 0.726 e. The van der Waals surface area contributed by atoms with E-state index in [9.17, 15) is 22.6 Å². The third-order valence-corrected chi connectivity index (χ3v) is 9.82. The Balaban J connectivity index is 0. The third-order valence-electron chi connectivity index (χ3n) is 9.41. The van der Waals surface area contributed by atoms with Gasteiger partial charge in [0, 0.05) is 12.8 Å². The molecule has 0 fully saturated rings. The number of hydrogen-bond acceptors (Lipinski definition) is 8. The second-order valence-corrected chi connectivity index (χ2v) is 16.2.